The second-order valence-corrected chi connectivity index (χ2v) is 2.65. The highest BCUT2D eigenvalue weighted by molar-refractivity contribution is 6.30. The van der Waals surface area contributed by atoms with Gasteiger partial charge in [-0.15, -0.1) is 0 Å². The second kappa shape index (κ2) is 3.95. The monoisotopic (exact) mass is 182 g/mol. The number of halogens is 1. The molecule has 0 N–H and O–H groups in total. The Morgan fingerprint density at radius 2 is 2.42 bits per heavy atom. The Balaban J connectivity index is 2.93. The van der Waals surface area contributed by atoms with Gasteiger partial charge in [0.15, 0.2) is 0 Å². The van der Waals surface area contributed by atoms with E-state index in [2.05, 4.69) is 15.0 Å². The van der Waals surface area contributed by atoms with E-state index in [1.54, 1.807) is 6.07 Å². The zero-order valence-corrected chi connectivity index (χ0v) is 7.28. The molecular weight excluding hydrogens is 176 g/mol. The van der Waals surface area contributed by atoms with Gasteiger partial charge in [0.25, 0.3) is 0 Å². The first-order chi connectivity index (χ1) is 5.74. The van der Waals surface area contributed by atoms with Gasteiger partial charge in [-0.3, -0.25) is 0 Å². The minimum absolute atomic E-state index is 0.253. The van der Waals surface area contributed by atoms with Crippen molar-refractivity contribution >= 4 is 11.6 Å². The third kappa shape index (κ3) is 2.12. The van der Waals surface area contributed by atoms with E-state index in [9.17, 15) is 0 Å². The predicted molar refractivity (Wildman–Crippen MR) is 46.8 cm³/mol. The molecule has 0 aliphatic carbocycles. The number of azide groups is 1. The number of nitrogens with zero attached hydrogens (tertiary/aromatic N) is 4. The van der Waals surface area contributed by atoms with Crippen molar-refractivity contribution in [3.05, 3.63) is 39.0 Å². The van der Waals surface area contributed by atoms with Crippen molar-refractivity contribution < 1.29 is 0 Å². The van der Waals surface area contributed by atoms with Crippen LogP contribution in [0.15, 0.2) is 17.2 Å². The van der Waals surface area contributed by atoms with Crippen LogP contribution < -0.4 is 0 Å². The molecule has 0 aliphatic rings. The summed E-state index contributed by atoms with van der Waals surface area (Å²) < 4.78 is 0. The Morgan fingerprint density at radius 1 is 1.67 bits per heavy atom. The molecule has 1 aromatic rings. The lowest BCUT2D eigenvalue weighted by atomic mass is 10.2. The van der Waals surface area contributed by atoms with Crippen LogP contribution in [0.4, 0.5) is 0 Å². The first-order valence-electron chi connectivity index (χ1n) is 3.37. The molecule has 0 aliphatic heterocycles. The topological polar surface area (TPSA) is 61.7 Å². The largest absolute Gasteiger partial charge is 0.241 e. The van der Waals surface area contributed by atoms with Crippen molar-refractivity contribution in [2.75, 3.05) is 0 Å². The molecule has 0 saturated heterocycles. The average Bonchev–Trinajstić information content (AvgIpc) is 2.03. The number of hydrogen-bond donors (Lipinski definition) is 0. The highest BCUT2D eigenvalue weighted by atomic mass is 35.5. The smallest absolute Gasteiger partial charge is 0.132 e. The van der Waals surface area contributed by atoms with Crippen LogP contribution in [-0.4, -0.2) is 4.98 Å². The molecule has 0 spiro atoms. The van der Waals surface area contributed by atoms with E-state index in [4.69, 9.17) is 17.1 Å². The Bertz CT molecular complexity index is 330. The van der Waals surface area contributed by atoms with Gasteiger partial charge in [-0.1, -0.05) is 22.8 Å². The van der Waals surface area contributed by atoms with Crippen molar-refractivity contribution in [2.45, 2.75) is 13.5 Å². The third-order valence-electron chi connectivity index (χ3n) is 1.37. The van der Waals surface area contributed by atoms with E-state index in [0.717, 1.165) is 11.3 Å². The SMILES string of the molecule is Cc1ccc(CN=[N+]=[N-])c(Cl)n1. The number of hydrogen-bond acceptors (Lipinski definition) is 2. The van der Waals surface area contributed by atoms with Gasteiger partial charge >= 0.3 is 0 Å². The molecule has 0 fully saturated rings. The van der Waals surface area contributed by atoms with Crippen molar-refractivity contribution in [2.24, 2.45) is 5.11 Å². The van der Waals surface area contributed by atoms with Gasteiger partial charge in [0.2, 0.25) is 0 Å². The van der Waals surface area contributed by atoms with Crippen LogP contribution in [0.5, 0.6) is 0 Å². The summed E-state index contributed by atoms with van der Waals surface area (Å²) in [6, 6.07) is 3.63. The van der Waals surface area contributed by atoms with E-state index in [-0.39, 0.29) is 6.54 Å². The summed E-state index contributed by atoms with van der Waals surface area (Å²) in [7, 11) is 0. The Kier molecular flexibility index (Phi) is 2.91. The molecule has 62 valence electrons. The molecular formula is C7H7ClN4. The first kappa shape index (κ1) is 8.84. The van der Waals surface area contributed by atoms with Crippen molar-refractivity contribution in [3.63, 3.8) is 0 Å². The van der Waals surface area contributed by atoms with Gasteiger partial charge in [0.1, 0.15) is 5.15 Å². The van der Waals surface area contributed by atoms with Crippen LogP contribution >= 0.6 is 11.6 Å². The zero-order chi connectivity index (χ0) is 8.97. The number of pyridine rings is 1. The normalized spacial score (nSPS) is 9.17. The molecule has 0 amide bonds. The zero-order valence-electron chi connectivity index (χ0n) is 6.53. The Hall–Kier alpha value is -1.25. The molecule has 0 bridgehead atoms. The van der Waals surface area contributed by atoms with Crippen LogP contribution in [0.1, 0.15) is 11.3 Å². The lowest BCUT2D eigenvalue weighted by Gasteiger charge is -1.99. The van der Waals surface area contributed by atoms with Crippen LogP contribution in [0.25, 0.3) is 10.4 Å². The summed E-state index contributed by atoms with van der Waals surface area (Å²) in [6.45, 7) is 2.10. The number of rotatable bonds is 2. The first-order valence-corrected chi connectivity index (χ1v) is 3.74. The number of aromatic nitrogens is 1. The lowest BCUT2D eigenvalue weighted by Crippen LogP contribution is -1.88. The van der Waals surface area contributed by atoms with Crippen molar-refractivity contribution in [3.8, 4) is 0 Å². The van der Waals surface area contributed by atoms with E-state index >= 15 is 0 Å². The van der Waals surface area contributed by atoms with Gasteiger partial charge in [0, 0.05) is 10.6 Å². The van der Waals surface area contributed by atoms with Crippen molar-refractivity contribution in [1.29, 1.82) is 0 Å². The quantitative estimate of drug-likeness (QED) is 0.300. The molecule has 12 heavy (non-hydrogen) atoms. The lowest BCUT2D eigenvalue weighted by molar-refractivity contribution is 1.02. The van der Waals surface area contributed by atoms with Gasteiger partial charge in [-0.05, 0) is 24.1 Å². The van der Waals surface area contributed by atoms with E-state index in [0.29, 0.717) is 5.15 Å². The average molecular weight is 183 g/mol. The van der Waals surface area contributed by atoms with Crippen molar-refractivity contribution in [1.82, 2.24) is 4.98 Å². The molecule has 1 rings (SSSR count). The summed E-state index contributed by atoms with van der Waals surface area (Å²) in [5.74, 6) is 0. The summed E-state index contributed by atoms with van der Waals surface area (Å²) in [5.41, 5.74) is 9.67. The van der Waals surface area contributed by atoms with Gasteiger partial charge < -0.3 is 0 Å². The second-order valence-electron chi connectivity index (χ2n) is 2.29. The van der Waals surface area contributed by atoms with Crippen LogP contribution in [0.3, 0.4) is 0 Å². The predicted octanol–water partition coefficient (Wildman–Crippen LogP) is 2.85. The van der Waals surface area contributed by atoms with Gasteiger partial charge in [-0.2, -0.15) is 0 Å². The van der Waals surface area contributed by atoms with Crippen LogP contribution in [0.2, 0.25) is 5.15 Å². The standard InChI is InChI=1S/C7H7ClN4/c1-5-2-3-6(4-10-12-9)7(8)11-5/h2-3H,4H2,1H3. The highest BCUT2D eigenvalue weighted by Gasteiger charge is 1.99. The Morgan fingerprint density at radius 3 is 3.00 bits per heavy atom. The van der Waals surface area contributed by atoms with E-state index in [1.165, 1.54) is 0 Å². The molecule has 0 saturated carbocycles. The van der Waals surface area contributed by atoms with E-state index < -0.39 is 0 Å². The van der Waals surface area contributed by atoms with Gasteiger partial charge in [0.05, 0.1) is 6.54 Å². The van der Waals surface area contributed by atoms with Crippen LogP contribution in [0, 0.1) is 6.92 Å². The molecule has 0 unspecified atom stereocenters. The van der Waals surface area contributed by atoms with Crippen LogP contribution in [-0.2, 0) is 6.54 Å². The maximum absolute atomic E-state index is 8.07. The minimum atomic E-state index is 0.253. The number of aryl methyl sites for hydroxylation is 1. The molecule has 1 heterocycles. The summed E-state index contributed by atoms with van der Waals surface area (Å²) in [5, 5.41) is 3.79. The summed E-state index contributed by atoms with van der Waals surface area (Å²) in [4.78, 5) is 6.64. The molecule has 0 atom stereocenters. The van der Waals surface area contributed by atoms with E-state index in [1.807, 2.05) is 13.0 Å². The molecule has 0 aromatic carbocycles. The fraction of sp³-hybridized carbons (Fsp3) is 0.286. The molecule has 4 nitrogen and oxygen atoms in total. The Labute approximate surface area is 74.8 Å². The minimum Gasteiger partial charge on any atom is -0.241 e. The maximum atomic E-state index is 8.07. The highest BCUT2D eigenvalue weighted by Crippen LogP contribution is 2.14. The fourth-order valence-electron chi connectivity index (χ4n) is 0.780. The molecule has 0 radical (unpaired) electrons. The molecule has 1 aromatic heterocycles. The summed E-state index contributed by atoms with van der Waals surface area (Å²) in [6.07, 6.45) is 0. The third-order valence-corrected chi connectivity index (χ3v) is 1.70. The maximum Gasteiger partial charge on any atom is 0.132 e. The summed E-state index contributed by atoms with van der Waals surface area (Å²) >= 11 is 5.77. The fourth-order valence-corrected chi connectivity index (χ4v) is 1.04. The molecule has 5 heteroatoms. The van der Waals surface area contributed by atoms with Gasteiger partial charge in [-0.25, -0.2) is 4.98 Å².